The van der Waals surface area contributed by atoms with E-state index in [0.29, 0.717) is 0 Å². The van der Waals surface area contributed by atoms with Gasteiger partial charge in [0.25, 0.3) is 0 Å². The Morgan fingerprint density at radius 1 is 0.618 bits per heavy atom. The molecule has 0 atom stereocenters. The molecule has 0 aliphatic heterocycles. The van der Waals surface area contributed by atoms with Gasteiger partial charge in [0.05, 0.1) is 22.1 Å². The molecule has 3 heterocycles. The predicted octanol–water partition coefficient (Wildman–Crippen LogP) is 14.2. The third-order valence-electron chi connectivity index (χ3n) is 9.83. The van der Waals surface area contributed by atoms with E-state index in [9.17, 15) is 0 Å². The van der Waals surface area contributed by atoms with E-state index in [1.807, 2.05) is 45.1 Å². The zero-order chi connectivity index (χ0) is 38.3. The van der Waals surface area contributed by atoms with Crippen LogP contribution in [0.5, 0.6) is 0 Å². The Morgan fingerprint density at radius 3 is 1.91 bits per heavy atom. The highest BCUT2D eigenvalue weighted by molar-refractivity contribution is 6.17. The topological polar surface area (TPSA) is 35.1 Å². The summed E-state index contributed by atoms with van der Waals surface area (Å²) in [6.07, 6.45) is 10.0. The Morgan fingerprint density at radius 2 is 1.24 bits per heavy atom. The fourth-order valence-corrected chi connectivity index (χ4v) is 7.25. The number of benzene rings is 6. The Labute approximate surface area is 324 Å². The largest absolute Gasteiger partial charge is 0.298 e. The van der Waals surface area contributed by atoms with Crippen molar-refractivity contribution in [3.8, 4) is 39.3 Å². The highest BCUT2D eigenvalue weighted by Gasteiger charge is 2.21. The average molecular weight is 715 g/mol. The van der Waals surface area contributed by atoms with Crippen molar-refractivity contribution in [2.24, 2.45) is 0 Å². The van der Waals surface area contributed by atoms with Crippen LogP contribution in [0, 0.1) is 0 Å². The molecule has 9 aromatic rings. The van der Waals surface area contributed by atoms with Crippen molar-refractivity contribution < 1.29 is 0 Å². The molecule has 0 saturated heterocycles. The van der Waals surface area contributed by atoms with Crippen LogP contribution >= 0.6 is 0 Å². The van der Waals surface area contributed by atoms with E-state index in [0.717, 1.165) is 55.9 Å². The number of aromatic nitrogens is 4. The van der Waals surface area contributed by atoms with Gasteiger partial charge in [0.15, 0.2) is 0 Å². The van der Waals surface area contributed by atoms with Crippen molar-refractivity contribution in [3.05, 3.63) is 188 Å². The maximum absolute atomic E-state index is 5.28. The van der Waals surface area contributed by atoms with Crippen LogP contribution in [0.3, 0.4) is 0 Å². The van der Waals surface area contributed by atoms with Crippen molar-refractivity contribution in [2.75, 3.05) is 0 Å². The molecule has 6 aromatic carbocycles. The smallest absolute Gasteiger partial charge is 0.145 e. The second-order valence-electron chi connectivity index (χ2n) is 13.0. The van der Waals surface area contributed by atoms with Crippen LogP contribution in [0.4, 0.5) is 0 Å². The van der Waals surface area contributed by atoms with Gasteiger partial charge in [0.2, 0.25) is 0 Å². The van der Waals surface area contributed by atoms with Crippen LogP contribution in [-0.2, 0) is 0 Å². The fraction of sp³-hybridized carbons (Fsp3) is 0.0980. The summed E-state index contributed by atoms with van der Waals surface area (Å²) in [5, 5.41) is 2.45. The number of pyridine rings is 1. The van der Waals surface area contributed by atoms with Crippen molar-refractivity contribution in [3.63, 3.8) is 0 Å². The van der Waals surface area contributed by atoms with Gasteiger partial charge in [-0.2, -0.15) is 0 Å². The monoisotopic (exact) mass is 714 g/mol. The number of nitrogens with zero attached hydrogens (tertiary/aromatic N) is 4. The van der Waals surface area contributed by atoms with Crippen LogP contribution in [0.2, 0.25) is 0 Å². The zero-order valence-electron chi connectivity index (χ0n) is 32.2. The van der Waals surface area contributed by atoms with Crippen molar-refractivity contribution >= 4 is 44.1 Å². The molecule has 55 heavy (non-hydrogen) atoms. The van der Waals surface area contributed by atoms with E-state index >= 15 is 0 Å². The molecule has 0 saturated carbocycles. The lowest BCUT2D eigenvalue weighted by Gasteiger charge is -2.15. The van der Waals surface area contributed by atoms with Crippen LogP contribution < -0.4 is 0 Å². The fourth-order valence-electron chi connectivity index (χ4n) is 7.25. The first kappa shape index (κ1) is 36.6. The summed E-state index contributed by atoms with van der Waals surface area (Å²) < 4.78 is 4.53. The maximum Gasteiger partial charge on any atom is 0.145 e. The van der Waals surface area contributed by atoms with Gasteiger partial charge in [0.1, 0.15) is 11.5 Å². The number of allylic oxidation sites excluding steroid dienone is 5. The van der Waals surface area contributed by atoms with E-state index in [1.165, 1.54) is 33.0 Å². The number of hydrogen-bond donors (Lipinski definition) is 0. The van der Waals surface area contributed by atoms with Gasteiger partial charge in [-0.05, 0) is 90.2 Å². The Hall–Kier alpha value is -6.78. The van der Waals surface area contributed by atoms with E-state index in [2.05, 4.69) is 175 Å². The molecule has 0 aliphatic rings. The molecule has 3 aromatic heterocycles. The molecular formula is C51H46N4. The zero-order valence-corrected chi connectivity index (χ0v) is 32.2. The first-order chi connectivity index (χ1) is 27.1. The van der Waals surface area contributed by atoms with Crippen molar-refractivity contribution in [2.45, 2.75) is 34.6 Å². The van der Waals surface area contributed by atoms with E-state index in [-0.39, 0.29) is 0 Å². The highest BCUT2D eigenvalue weighted by atomic mass is 15.1. The minimum atomic E-state index is 0.927. The van der Waals surface area contributed by atoms with Gasteiger partial charge < -0.3 is 0 Å². The Kier molecular flexibility index (Phi) is 11.0. The number of para-hydroxylation sites is 3. The lowest BCUT2D eigenvalue weighted by Crippen LogP contribution is -1.97. The standard InChI is InChI=1S/C44H32N4.C5H8.C2H6/c1-3-29(2)40-35-18-10-11-19-36(35)41(31-14-6-4-7-15-31)43-42(40)46-39-27-26-33(28-47(39)43)30-22-24-32(25-23-30)44-45-37-20-12-13-21-38(37)48(44)34-16-8-5-9-17-34;1-3-5-4-2;1-2/h3-28H,1-2H3;3-5H,1H2,2H3;1-2H3/b29-3+;5-4-;. The van der Waals surface area contributed by atoms with Gasteiger partial charge in [-0.1, -0.05) is 154 Å². The van der Waals surface area contributed by atoms with Gasteiger partial charge in [-0.3, -0.25) is 8.97 Å². The summed E-state index contributed by atoms with van der Waals surface area (Å²) in [4.78, 5) is 10.3. The maximum atomic E-state index is 5.28. The quantitative estimate of drug-likeness (QED) is 0.161. The summed E-state index contributed by atoms with van der Waals surface area (Å²) in [6, 6.07) is 51.3. The third-order valence-corrected chi connectivity index (χ3v) is 9.83. The van der Waals surface area contributed by atoms with Gasteiger partial charge in [-0.15, -0.1) is 0 Å². The van der Waals surface area contributed by atoms with E-state index < -0.39 is 0 Å². The molecule has 0 fully saturated rings. The Bertz CT molecular complexity index is 2800. The first-order valence-corrected chi connectivity index (χ1v) is 19.0. The van der Waals surface area contributed by atoms with Gasteiger partial charge >= 0.3 is 0 Å². The first-order valence-electron chi connectivity index (χ1n) is 19.0. The van der Waals surface area contributed by atoms with Crippen molar-refractivity contribution in [1.29, 1.82) is 0 Å². The second-order valence-corrected chi connectivity index (χ2v) is 13.0. The summed E-state index contributed by atoms with van der Waals surface area (Å²) in [7, 11) is 0. The number of rotatable bonds is 6. The van der Waals surface area contributed by atoms with Crippen LogP contribution in [0.1, 0.15) is 40.2 Å². The van der Waals surface area contributed by atoms with Gasteiger partial charge in [-0.25, -0.2) is 9.97 Å². The van der Waals surface area contributed by atoms with Crippen LogP contribution in [0.15, 0.2) is 183 Å². The predicted molar refractivity (Wildman–Crippen MR) is 237 cm³/mol. The molecular weight excluding hydrogens is 669 g/mol. The summed E-state index contributed by atoms with van der Waals surface area (Å²) in [5.41, 5.74) is 14.4. The molecule has 0 bridgehead atoms. The Balaban J connectivity index is 0.000000618. The van der Waals surface area contributed by atoms with E-state index in [4.69, 9.17) is 9.97 Å². The summed E-state index contributed by atoms with van der Waals surface area (Å²) in [6.45, 7) is 13.7. The molecule has 270 valence electrons. The SMILES string of the molecule is C/C=C(\C)c1c2ccccc2c(-c2ccccc2)c2c1nc1ccc(-c3ccc(-c4nc5ccccc5n4-c4ccccc4)cc3)cn12.C=C/C=C\C.CC. The number of fused-ring (bicyclic) bond motifs is 5. The molecule has 0 amide bonds. The normalized spacial score (nSPS) is 11.5. The van der Waals surface area contributed by atoms with Crippen LogP contribution in [0.25, 0.3) is 83.4 Å². The summed E-state index contributed by atoms with van der Waals surface area (Å²) in [5.74, 6) is 0.927. The summed E-state index contributed by atoms with van der Waals surface area (Å²) >= 11 is 0. The minimum Gasteiger partial charge on any atom is -0.298 e. The van der Waals surface area contributed by atoms with Gasteiger partial charge in [0, 0.05) is 28.6 Å². The van der Waals surface area contributed by atoms with Crippen molar-refractivity contribution in [1.82, 2.24) is 18.9 Å². The van der Waals surface area contributed by atoms with E-state index in [1.54, 1.807) is 6.08 Å². The molecule has 4 heteroatoms. The third kappa shape index (κ3) is 6.91. The average Bonchev–Trinajstić information content (AvgIpc) is 3.83. The molecule has 0 spiro atoms. The molecule has 4 nitrogen and oxygen atoms in total. The lowest BCUT2D eigenvalue weighted by atomic mass is 9.90. The lowest BCUT2D eigenvalue weighted by molar-refractivity contribution is 1.10. The highest BCUT2D eigenvalue weighted by Crippen LogP contribution is 2.42. The number of imidazole rings is 2. The molecule has 9 rings (SSSR count). The molecule has 0 N–H and O–H groups in total. The van der Waals surface area contributed by atoms with Crippen LogP contribution in [-0.4, -0.2) is 18.9 Å². The molecule has 0 unspecified atom stereocenters. The molecule has 0 radical (unpaired) electrons. The minimum absolute atomic E-state index is 0.927. The molecule has 0 aliphatic carbocycles. The second kappa shape index (κ2) is 16.5. The number of hydrogen-bond acceptors (Lipinski definition) is 2.